The van der Waals surface area contributed by atoms with Gasteiger partial charge >= 0.3 is 5.97 Å². The molecule has 0 aliphatic rings. The van der Waals surface area contributed by atoms with E-state index in [0.717, 1.165) is 25.8 Å². The summed E-state index contributed by atoms with van der Waals surface area (Å²) < 4.78 is 0. The van der Waals surface area contributed by atoms with Crippen molar-refractivity contribution in [1.29, 1.82) is 0 Å². The van der Waals surface area contributed by atoms with Gasteiger partial charge in [-0.15, -0.1) is 6.58 Å². The first kappa shape index (κ1) is 11.2. The molecule has 0 saturated heterocycles. The first-order chi connectivity index (χ1) is 5.81. The second-order valence-corrected chi connectivity index (χ2v) is 2.51. The SMILES string of the molecule is C=CCCCCNOC(=O)CC. The lowest BCUT2D eigenvalue weighted by Crippen LogP contribution is -2.20. The normalized spacial score (nSPS) is 9.42. The van der Waals surface area contributed by atoms with Gasteiger partial charge in [-0.3, -0.25) is 4.79 Å². The van der Waals surface area contributed by atoms with Crippen LogP contribution in [0.15, 0.2) is 12.7 Å². The monoisotopic (exact) mass is 171 g/mol. The number of unbranched alkanes of at least 4 members (excludes halogenated alkanes) is 2. The number of hydrogen-bond acceptors (Lipinski definition) is 3. The van der Waals surface area contributed by atoms with Crippen LogP contribution in [0, 0.1) is 0 Å². The predicted octanol–water partition coefficient (Wildman–Crippen LogP) is 1.80. The zero-order valence-electron chi connectivity index (χ0n) is 7.64. The molecule has 0 aromatic rings. The zero-order chi connectivity index (χ0) is 9.23. The van der Waals surface area contributed by atoms with Gasteiger partial charge < -0.3 is 4.84 Å². The molecule has 0 atom stereocenters. The van der Waals surface area contributed by atoms with Gasteiger partial charge in [-0.1, -0.05) is 13.0 Å². The van der Waals surface area contributed by atoms with Crippen LogP contribution in [0.5, 0.6) is 0 Å². The quantitative estimate of drug-likeness (QED) is 0.360. The summed E-state index contributed by atoms with van der Waals surface area (Å²) in [6, 6.07) is 0. The standard InChI is InChI=1S/C9H17NO2/c1-3-5-6-7-8-10-12-9(11)4-2/h3,10H,1,4-8H2,2H3. The summed E-state index contributed by atoms with van der Waals surface area (Å²) in [4.78, 5) is 15.3. The van der Waals surface area contributed by atoms with Crippen LogP contribution < -0.4 is 5.48 Å². The van der Waals surface area contributed by atoms with Gasteiger partial charge in [0.25, 0.3) is 0 Å². The molecule has 0 unspecified atom stereocenters. The number of hydrogen-bond donors (Lipinski definition) is 1. The minimum Gasteiger partial charge on any atom is -0.371 e. The molecule has 3 heteroatoms. The highest BCUT2D eigenvalue weighted by Gasteiger charge is 1.95. The Hall–Kier alpha value is -0.830. The van der Waals surface area contributed by atoms with Gasteiger partial charge in [0.05, 0.1) is 0 Å². The van der Waals surface area contributed by atoms with Crippen molar-refractivity contribution in [3.63, 3.8) is 0 Å². The predicted molar refractivity (Wildman–Crippen MR) is 48.4 cm³/mol. The molecule has 0 aromatic carbocycles. The van der Waals surface area contributed by atoms with Crippen molar-refractivity contribution in [2.24, 2.45) is 0 Å². The third-order valence-electron chi connectivity index (χ3n) is 1.41. The van der Waals surface area contributed by atoms with Crippen molar-refractivity contribution in [2.75, 3.05) is 6.54 Å². The van der Waals surface area contributed by atoms with E-state index in [9.17, 15) is 4.79 Å². The summed E-state index contributed by atoms with van der Waals surface area (Å²) in [5, 5.41) is 0. The second-order valence-electron chi connectivity index (χ2n) is 2.51. The molecule has 0 spiro atoms. The summed E-state index contributed by atoms with van der Waals surface area (Å²) in [5.74, 6) is -0.210. The molecule has 0 aliphatic heterocycles. The Kier molecular flexibility index (Phi) is 7.70. The molecule has 12 heavy (non-hydrogen) atoms. The lowest BCUT2D eigenvalue weighted by molar-refractivity contribution is -0.150. The van der Waals surface area contributed by atoms with E-state index in [1.807, 2.05) is 6.08 Å². The summed E-state index contributed by atoms with van der Waals surface area (Å²) >= 11 is 0. The van der Waals surface area contributed by atoms with Crippen LogP contribution in [0.25, 0.3) is 0 Å². The van der Waals surface area contributed by atoms with Gasteiger partial charge in [-0.25, -0.2) is 0 Å². The third-order valence-corrected chi connectivity index (χ3v) is 1.41. The van der Waals surface area contributed by atoms with Crippen LogP contribution in [0.2, 0.25) is 0 Å². The topological polar surface area (TPSA) is 38.3 Å². The molecule has 0 heterocycles. The molecule has 1 N–H and O–H groups in total. The molecular formula is C9H17NO2. The molecule has 70 valence electrons. The van der Waals surface area contributed by atoms with E-state index in [1.54, 1.807) is 6.92 Å². The molecule has 3 nitrogen and oxygen atoms in total. The van der Waals surface area contributed by atoms with Crippen LogP contribution in [-0.4, -0.2) is 12.5 Å². The van der Waals surface area contributed by atoms with Gasteiger partial charge in [0.1, 0.15) is 0 Å². The summed E-state index contributed by atoms with van der Waals surface area (Å²) in [6.45, 7) is 6.10. The number of nitrogens with one attached hydrogen (secondary N) is 1. The van der Waals surface area contributed by atoms with Crippen LogP contribution in [0.3, 0.4) is 0 Å². The van der Waals surface area contributed by atoms with Crippen molar-refractivity contribution in [2.45, 2.75) is 32.6 Å². The molecule has 0 aromatic heterocycles. The van der Waals surface area contributed by atoms with E-state index in [4.69, 9.17) is 0 Å². The molecule has 0 aliphatic carbocycles. The zero-order valence-corrected chi connectivity index (χ0v) is 7.64. The van der Waals surface area contributed by atoms with Gasteiger partial charge in [0.15, 0.2) is 0 Å². The molecular weight excluding hydrogens is 154 g/mol. The van der Waals surface area contributed by atoms with E-state index in [1.165, 1.54) is 0 Å². The average Bonchev–Trinajstić information content (AvgIpc) is 2.10. The molecule has 0 radical (unpaired) electrons. The lowest BCUT2D eigenvalue weighted by atomic mass is 10.2. The first-order valence-corrected chi connectivity index (χ1v) is 4.34. The number of carbonyl (C=O) groups excluding carboxylic acids is 1. The highest BCUT2D eigenvalue weighted by atomic mass is 16.7. The second kappa shape index (κ2) is 8.27. The summed E-state index contributed by atoms with van der Waals surface area (Å²) in [5.41, 5.74) is 2.61. The van der Waals surface area contributed by atoms with E-state index >= 15 is 0 Å². The van der Waals surface area contributed by atoms with Crippen LogP contribution >= 0.6 is 0 Å². The largest absolute Gasteiger partial charge is 0.371 e. The Balaban J connectivity index is 3.00. The fraction of sp³-hybridized carbons (Fsp3) is 0.667. The number of carbonyl (C=O) groups is 1. The van der Waals surface area contributed by atoms with Crippen molar-refractivity contribution in [3.05, 3.63) is 12.7 Å². The van der Waals surface area contributed by atoms with Crippen molar-refractivity contribution in [3.8, 4) is 0 Å². The van der Waals surface area contributed by atoms with E-state index in [2.05, 4.69) is 16.9 Å². The van der Waals surface area contributed by atoms with Crippen LogP contribution in [0.1, 0.15) is 32.6 Å². The smallest absolute Gasteiger partial charge is 0.324 e. The average molecular weight is 171 g/mol. The van der Waals surface area contributed by atoms with Gasteiger partial charge in [0.2, 0.25) is 0 Å². The molecule has 0 fully saturated rings. The lowest BCUT2D eigenvalue weighted by Gasteiger charge is -2.02. The Morgan fingerprint density at radius 1 is 1.58 bits per heavy atom. The van der Waals surface area contributed by atoms with Crippen LogP contribution in [0.4, 0.5) is 0 Å². The van der Waals surface area contributed by atoms with E-state index in [-0.39, 0.29) is 5.97 Å². The van der Waals surface area contributed by atoms with Crippen molar-refractivity contribution in [1.82, 2.24) is 5.48 Å². The summed E-state index contributed by atoms with van der Waals surface area (Å²) in [6.07, 6.45) is 5.41. The van der Waals surface area contributed by atoms with Crippen LogP contribution in [-0.2, 0) is 9.63 Å². The van der Waals surface area contributed by atoms with E-state index in [0.29, 0.717) is 6.42 Å². The van der Waals surface area contributed by atoms with E-state index < -0.39 is 0 Å². The first-order valence-electron chi connectivity index (χ1n) is 4.34. The highest BCUT2D eigenvalue weighted by Crippen LogP contribution is 1.93. The fourth-order valence-corrected chi connectivity index (χ4v) is 0.690. The number of allylic oxidation sites excluding steroid dienone is 1. The minimum absolute atomic E-state index is 0.210. The Bertz CT molecular complexity index is 134. The third kappa shape index (κ3) is 7.28. The fourth-order valence-electron chi connectivity index (χ4n) is 0.690. The summed E-state index contributed by atoms with van der Waals surface area (Å²) in [7, 11) is 0. The Morgan fingerprint density at radius 3 is 2.92 bits per heavy atom. The number of hydroxylamine groups is 1. The maximum Gasteiger partial charge on any atom is 0.324 e. The molecule has 0 amide bonds. The maximum absolute atomic E-state index is 10.6. The van der Waals surface area contributed by atoms with Crippen molar-refractivity contribution >= 4 is 5.97 Å². The Labute approximate surface area is 73.7 Å². The molecule has 0 saturated carbocycles. The van der Waals surface area contributed by atoms with Gasteiger partial charge in [0, 0.05) is 13.0 Å². The highest BCUT2D eigenvalue weighted by molar-refractivity contribution is 5.68. The Morgan fingerprint density at radius 2 is 2.33 bits per heavy atom. The molecule has 0 bridgehead atoms. The van der Waals surface area contributed by atoms with Gasteiger partial charge in [-0.2, -0.15) is 5.48 Å². The van der Waals surface area contributed by atoms with Crippen molar-refractivity contribution < 1.29 is 9.63 Å². The molecule has 0 rings (SSSR count). The van der Waals surface area contributed by atoms with Gasteiger partial charge in [-0.05, 0) is 19.3 Å². The minimum atomic E-state index is -0.210. The maximum atomic E-state index is 10.6. The number of rotatable bonds is 7.